The van der Waals surface area contributed by atoms with E-state index in [1.54, 1.807) is 65.5 Å². The minimum atomic E-state index is -0.684. The van der Waals surface area contributed by atoms with E-state index in [1.165, 1.54) is 23.8 Å². The van der Waals surface area contributed by atoms with E-state index >= 15 is 30.7 Å². The number of aromatic nitrogens is 12. The Morgan fingerprint density at radius 2 is 0.652 bits per heavy atom. The van der Waals surface area contributed by atoms with Crippen LogP contribution in [-0.2, 0) is 51.9 Å². The van der Waals surface area contributed by atoms with Gasteiger partial charge in [-0.3, -0.25) is 38.0 Å². The van der Waals surface area contributed by atoms with Crippen molar-refractivity contribution in [3.63, 3.8) is 0 Å². The molecule has 0 atom stereocenters. The minimum Gasteiger partial charge on any atom is -0.336 e. The van der Waals surface area contributed by atoms with E-state index in [4.69, 9.17) is 0 Å². The van der Waals surface area contributed by atoms with Crippen LogP contribution in [-0.4, -0.2) is 138 Å². The molecule has 0 saturated carbocycles. The molecule has 20 aromatic rings. The van der Waals surface area contributed by atoms with Gasteiger partial charge in [0, 0.05) is 83.6 Å². The summed E-state index contributed by atoms with van der Waals surface area (Å²) < 4.78 is 195. The third kappa shape index (κ3) is 21.4. The number of nitrogens with zero attached hydrogens (tertiary/aromatic N) is 8. The first-order chi connectivity index (χ1) is 68.7. The molecule has 12 aromatic carbocycles. The maximum Gasteiger partial charge on any atom is 0.217 e. The van der Waals surface area contributed by atoms with Gasteiger partial charge in [0.1, 0.15) is 23.3 Å². The quantitative estimate of drug-likeness (QED) is 0.0141. The van der Waals surface area contributed by atoms with Gasteiger partial charge in [0.15, 0.2) is 17.5 Å². The molecular weight excluding hydrogens is 1820 g/mol. The van der Waals surface area contributed by atoms with Crippen molar-refractivity contribution in [2.45, 2.75) is 105 Å². The van der Waals surface area contributed by atoms with Gasteiger partial charge in [-0.05, 0) is 260 Å². The van der Waals surface area contributed by atoms with E-state index < -0.39 is 41.8 Å². The Bertz CT molecular complexity index is 7770. The third-order valence-electron chi connectivity index (χ3n) is 26.1. The molecule has 0 bridgehead atoms. The predicted molar refractivity (Wildman–Crippen MR) is 538 cm³/mol. The Hall–Kier alpha value is -14.4. The number of rotatable bonds is 36. The predicted octanol–water partition coefficient (Wildman–Crippen LogP) is 25.4. The summed E-state index contributed by atoms with van der Waals surface area (Å²) in [5.41, 5.74) is 19.4. The van der Waals surface area contributed by atoms with Crippen molar-refractivity contribution in [3.8, 4) is 45.0 Å². The molecule has 0 amide bonds. The molecule has 0 spiro atoms. The molecule has 8 N–H and O–H groups in total. The zero-order chi connectivity index (χ0) is 98.3. The van der Waals surface area contributed by atoms with Crippen LogP contribution in [0.5, 0.6) is 0 Å². The number of alkyl halides is 4. The highest BCUT2D eigenvalue weighted by molar-refractivity contribution is 6.11. The van der Waals surface area contributed by atoms with Gasteiger partial charge in [-0.2, -0.15) is 29.2 Å². The smallest absolute Gasteiger partial charge is 0.217 e. The molecular formula is C112H107F13N16. The normalized spacial score (nSPS) is 11.7. The molecule has 0 saturated heterocycles. The third-order valence-corrected chi connectivity index (χ3v) is 26.1. The average Bonchev–Trinajstić information content (AvgIpc) is 1.59. The number of benzene rings is 12. The Morgan fingerprint density at radius 3 is 1.11 bits per heavy atom. The van der Waals surface area contributed by atoms with Crippen LogP contribution in [0.4, 0.5) is 57.1 Å². The second-order valence-electron chi connectivity index (χ2n) is 35.4. The van der Waals surface area contributed by atoms with Crippen LogP contribution in [0.15, 0.2) is 237 Å². The molecule has 29 heteroatoms. The molecule has 141 heavy (non-hydrogen) atoms. The monoisotopic (exact) mass is 1920 g/mol. The molecule has 0 aliphatic heterocycles. The second-order valence-corrected chi connectivity index (χ2v) is 35.4. The largest absolute Gasteiger partial charge is 0.336 e. The minimum absolute atomic E-state index is 0.136. The van der Waals surface area contributed by atoms with Crippen molar-refractivity contribution in [2.24, 2.45) is 0 Å². The van der Waals surface area contributed by atoms with Crippen molar-refractivity contribution in [1.82, 2.24) is 80.3 Å². The van der Waals surface area contributed by atoms with E-state index in [2.05, 4.69) is 74.2 Å². The van der Waals surface area contributed by atoms with Crippen molar-refractivity contribution >= 4 is 87.2 Å². The van der Waals surface area contributed by atoms with Gasteiger partial charge in [0.25, 0.3) is 0 Å². The standard InChI is InChI=1S/C28H26F4N4.3C28H27F3N4/c1-17-5-2-3-6-19(17)28-27(32)26-20-15-34-35-24(20)7-8-25(26)36(28)16-21-22(30)13-18(14-23(21)31)9-12-33-11-4-10-29;1-18-5-2-3-6-21(18)27-26(30)25-23(12-11-22-24(25)28(31)34-33-22)35(27)17-20-9-7-19(8-10-20)13-16-32-15-4-14-29;1-18-5-2-3-6-21(18)26-16-22-25(10-9-24-27(22)28(31)34-33-24)35(26)17-20-8-7-19(15-23(20)30)11-14-32-13-4-12-29;1-18-5-2-3-6-21(18)28-27(31)26-22-16-33-34-24(22)9-10-25(26)35(28)17-20-8-7-19(15-23(20)30)11-14-32-13-4-12-29/h2-3,5-8,13-15,33H,4,9-12,16H2,1H3,(H,34,35);2-3,5-12,32H,4,13-17H2,1H3,(H,33,34);2*2-3,5-10,15-16,32H,4,11-14,17H2,1H3,(H,33,34). The molecule has 20 rings (SSSR count). The summed E-state index contributed by atoms with van der Waals surface area (Å²) >= 11 is 0. The van der Waals surface area contributed by atoms with Crippen molar-refractivity contribution < 1.29 is 57.1 Å². The van der Waals surface area contributed by atoms with Gasteiger partial charge >= 0.3 is 0 Å². The Balaban J connectivity index is 0.000000130. The summed E-state index contributed by atoms with van der Waals surface area (Å²) in [6.07, 6.45) is 7.65. The SMILES string of the molecule is Cc1ccccc1-c1c(F)c2c3c(F)[nH]nc3ccc2n1Cc1ccc(CCNCCCF)cc1.Cc1ccccc1-c1c(F)c2c3cn[nH]c3ccc2n1Cc1c(F)cc(CCNCCCF)cc1F.Cc1ccccc1-c1c(F)c2c3cn[nH]c3ccc2n1Cc1ccc(CCNCCCF)cc1F.Cc1ccccc1-c1cc2c3c(F)[nH]nc3ccc2n1Cc1ccc(CCNCCCF)cc1F. The van der Waals surface area contributed by atoms with Crippen LogP contribution in [0.2, 0.25) is 0 Å². The van der Waals surface area contributed by atoms with Gasteiger partial charge in [-0.25, -0.2) is 30.7 Å². The van der Waals surface area contributed by atoms with E-state index in [-0.39, 0.29) is 72.6 Å². The zero-order valence-electron chi connectivity index (χ0n) is 78.5. The molecule has 0 fully saturated rings. The summed E-state index contributed by atoms with van der Waals surface area (Å²) in [6.45, 7) is 12.2. The molecule has 0 aliphatic carbocycles. The highest BCUT2D eigenvalue weighted by atomic mass is 19.2. The van der Waals surface area contributed by atoms with Gasteiger partial charge in [0.05, 0.1) is 131 Å². The first kappa shape index (κ1) is 98.2. The summed E-state index contributed by atoms with van der Waals surface area (Å²) in [5.74, 6) is -4.32. The lowest BCUT2D eigenvalue weighted by molar-refractivity contribution is 0.459. The summed E-state index contributed by atoms with van der Waals surface area (Å²) in [5, 5.41) is 43.0. The number of H-pyrrole nitrogens is 4. The van der Waals surface area contributed by atoms with E-state index in [0.717, 1.165) is 90.7 Å². The summed E-state index contributed by atoms with van der Waals surface area (Å²) in [4.78, 5) is 0. The Morgan fingerprint density at radius 1 is 0.291 bits per heavy atom. The number of halogens is 13. The maximum absolute atomic E-state index is 16.1. The molecule has 16 nitrogen and oxygen atoms in total. The number of hydrogen-bond donors (Lipinski definition) is 8. The molecule has 726 valence electrons. The van der Waals surface area contributed by atoms with Crippen LogP contribution in [0, 0.1) is 80.3 Å². The Kier molecular flexibility index (Phi) is 31.5. The van der Waals surface area contributed by atoms with E-state index in [9.17, 15) is 26.3 Å². The number of aryl methyl sites for hydroxylation is 4. The maximum atomic E-state index is 16.1. The van der Waals surface area contributed by atoms with Crippen molar-refractivity contribution in [2.75, 3.05) is 79.1 Å². The van der Waals surface area contributed by atoms with Gasteiger partial charge in [0.2, 0.25) is 11.9 Å². The first-order valence-electron chi connectivity index (χ1n) is 47.4. The molecule has 8 aromatic heterocycles. The highest BCUT2D eigenvalue weighted by Gasteiger charge is 2.30. The van der Waals surface area contributed by atoms with Crippen LogP contribution in [0.25, 0.3) is 132 Å². The molecule has 8 heterocycles. The lowest BCUT2D eigenvalue weighted by Crippen LogP contribution is -2.19. The van der Waals surface area contributed by atoms with Crippen LogP contribution < -0.4 is 21.3 Å². The molecule has 0 radical (unpaired) electrons. The fraction of sp³-hybridized carbons (Fsp3) is 0.250. The highest BCUT2D eigenvalue weighted by Crippen LogP contribution is 2.44. The second kappa shape index (κ2) is 45.3. The summed E-state index contributed by atoms with van der Waals surface area (Å²) in [6, 6.07) is 68.5. The van der Waals surface area contributed by atoms with E-state index in [1.807, 2.05) is 187 Å². The summed E-state index contributed by atoms with van der Waals surface area (Å²) in [7, 11) is 0. The van der Waals surface area contributed by atoms with Gasteiger partial charge in [-0.15, -0.1) is 0 Å². The lowest BCUT2D eigenvalue weighted by Gasteiger charge is -2.15. The first-order valence-corrected chi connectivity index (χ1v) is 47.4. The number of hydrogen-bond acceptors (Lipinski definition) is 8. The lowest BCUT2D eigenvalue weighted by atomic mass is 10.0. The average molecular weight is 1920 g/mol. The fourth-order valence-electron chi connectivity index (χ4n) is 18.8. The number of fused-ring (bicyclic) bond motifs is 12. The Labute approximate surface area is 805 Å². The van der Waals surface area contributed by atoms with Crippen LogP contribution >= 0.6 is 0 Å². The fourth-order valence-corrected chi connectivity index (χ4v) is 18.8. The number of nitrogens with one attached hydrogen (secondary N) is 8. The topological polar surface area (TPSA) is 183 Å². The molecule has 0 unspecified atom stereocenters. The van der Waals surface area contributed by atoms with Crippen LogP contribution in [0.1, 0.15) is 92.4 Å². The zero-order valence-corrected chi connectivity index (χ0v) is 78.5. The molecule has 0 aliphatic rings. The van der Waals surface area contributed by atoms with Crippen molar-refractivity contribution in [3.05, 3.63) is 356 Å². The number of aromatic amines is 4. The van der Waals surface area contributed by atoms with E-state index in [0.29, 0.717) is 198 Å². The van der Waals surface area contributed by atoms with Gasteiger partial charge in [-0.1, -0.05) is 146 Å². The van der Waals surface area contributed by atoms with Crippen molar-refractivity contribution in [1.29, 1.82) is 0 Å². The van der Waals surface area contributed by atoms with Gasteiger partial charge < -0.3 is 39.5 Å². The van der Waals surface area contributed by atoms with Crippen LogP contribution in [0.3, 0.4) is 0 Å².